The lowest BCUT2D eigenvalue weighted by Gasteiger charge is -2.08. The van der Waals surface area contributed by atoms with Crippen molar-refractivity contribution in [2.75, 3.05) is 6.54 Å². The van der Waals surface area contributed by atoms with E-state index in [-0.39, 0.29) is 0 Å². The molecule has 3 nitrogen and oxygen atoms in total. The molecule has 0 saturated carbocycles. The Bertz CT molecular complexity index is 569. The van der Waals surface area contributed by atoms with Gasteiger partial charge in [0.2, 0.25) is 0 Å². The Kier molecular flexibility index (Phi) is 5.71. The van der Waals surface area contributed by atoms with Crippen LogP contribution in [0.3, 0.4) is 0 Å². The first kappa shape index (κ1) is 15.9. The number of aryl methyl sites for hydroxylation is 2. The summed E-state index contributed by atoms with van der Waals surface area (Å²) in [6, 6.07) is 5.92. The molecular weight excluding hydrogens is 286 g/mol. The summed E-state index contributed by atoms with van der Waals surface area (Å²) in [5.41, 5.74) is 3.19. The van der Waals surface area contributed by atoms with Crippen LogP contribution in [-0.4, -0.2) is 6.54 Å². The maximum atomic E-state index is 6.15. The average molecular weight is 308 g/mol. The highest BCUT2D eigenvalue weighted by Crippen LogP contribution is 2.26. The zero-order valence-electron chi connectivity index (χ0n) is 12.8. The summed E-state index contributed by atoms with van der Waals surface area (Å²) >= 11 is 6.15. The van der Waals surface area contributed by atoms with Gasteiger partial charge in [0, 0.05) is 17.1 Å². The first-order valence-electron chi connectivity index (χ1n) is 7.26. The molecule has 0 unspecified atom stereocenters. The number of furan rings is 1. The summed E-state index contributed by atoms with van der Waals surface area (Å²) in [4.78, 5) is 0. The van der Waals surface area contributed by atoms with Crippen LogP contribution < -0.4 is 10.1 Å². The van der Waals surface area contributed by atoms with Crippen molar-refractivity contribution in [1.29, 1.82) is 0 Å². The summed E-state index contributed by atoms with van der Waals surface area (Å²) in [6.07, 6.45) is 2.91. The molecule has 0 atom stereocenters. The van der Waals surface area contributed by atoms with Crippen molar-refractivity contribution in [2.24, 2.45) is 0 Å². The van der Waals surface area contributed by atoms with E-state index in [2.05, 4.69) is 12.2 Å². The molecule has 2 aromatic rings. The third-order valence-corrected chi connectivity index (χ3v) is 3.85. The van der Waals surface area contributed by atoms with Gasteiger partial charge in [-0.15, -0.1) is 0 Å². The third kappa shape index (κ3) is 4.51. The Morgan fingerprint density at radius 1 is 1.19 bits per heavy atom. The minimum Gasteiger partial charge on any atom is -0.486 e. The van der Waals surface area contributed by atoms with Crippen LogP contribution in [0, 0.1) is 13.8 Å². The van der Waals surface area contributed by atoms with E-state index in [9.17, 15) is 0 Å². The summed E-state index contributed by atoms with van der Waals surface area (Å²) in [5.74, 6) is 1.64. The zero-order chi connectivity index (χ0) is 15.2. The highest BCUT2D eigenvalue weighted by atomic mass is 35.5. The van der Waals surface area contributed by atoms with Crippen LogP contribution in [0.15, 0.2) is 28.9 Å². The van der Waals surface area contributed by atoms with Crippen molar-refractivity contribution in [3.8, 4) is 5.75 Å². The van der Waals surface area contributed by atoms with Crippen LogP contribution in [0.1, 0.15) is 35.8 Å². The standard InChI is InChI=1S/C17H22ClNO2/c1-4-5-19-9-14-8-16(20-10-14)11-21-15-6-12(2)17(18)13(3)7-15/h6-8,10,19H,4-5,9,11H2,1-3H3. The molecule has 21 heavy (non-hydrogen) atoms. The lowest BCUT2D eigenvalue weighted by Crippen LogP contribution is -2.13. The Labute approximate surface area is 131 Å². The molecule has 0 spiro atoms. The lowest BCUT2D eigenvalue weighted by atomic mass is 10.1. The number of ether oxygens (including phenoxy) is 1. The normalized spacial score (nSPS) is 10.9. The fourth-order valence-corrected chi connectivity index (χ4v) is 2.26. The van der Waals surface area contributed by atoms with E-state index in [1.807, 2.05) is 32.0 Å². The van der Waals surface area contributed by atoms with Crippen LogP contribution in [0.25, 0.3) is 0 Å². The molecule has 1 N–H and O–H groups in total. The molecule has 1 aromatic carbocycles. The first-order chi connectivity index (χ1) is 10.1. The quantitative estimate of drug-likeness (QED) is 0.757. The number of nitrogens with one attached hydrogen (secondary N) is 1. The Balaban J connectivity index is 1.91. The van der Waals surface area contributed by atoms with E-state index in [1.54, 1.807) is 6.26 Å². The van der Waals surface area contributed by atoms with E-state index < -0.39 is 0 Å². The van der Waals surface area contributed by atoms with Gasteiger partial charge in [0.15, 0.2) is 0 Å². The summed E-state index contributed by atoms with van der Waals surface area (Å²) in [7, 11) is 0. The molecule has 0 saturated heterocycles. The van der Waals surface area contributed by atoms with Gasteiger partial charge in [-0.1, -0.05) is 18.5 Å². The maximum Gasteiger partial charge on any atom is 0.146 e. The molecule has 4 heteroatoms. The highest BCUT2D eigenvalue weighted by molar-refractivity contribution is 6.32. The Morgan fingerprint density at radius 2 is 1.90 bits per heavy atom. The van der Waals surface area contributed by atoms with Crippen LogP contribution in [0.5, 0.6) is 5.75 Å². The highest BCUT2D eigenvalue weighted by Gasteiger charge is 2.06. The zero-order valence-corrected chi connectivity index (χ0v) is 13.6. The molecule has 114 valence electrons. The fourth-order valence-electron chi connectivity index (χ4n) is 2.15. The predicted octanol–water partition coefficient (Wildman–Crippen LogP) is 4.63. The Hall–Kier alpha value is -1.45. The van der Waals surface area contributed by atoms with Gasteiger partial charge in [0.05, 0.1) is 6.26 Å². The van der Waals surface area contributed by atoms with Crippen LogP contribution >= 0.6 is 11.6 Å². The number of hydrogen-bond donors (Lipinski definition) is 1. The number of rotatable bonds is 7. The van der Waals surface area contributed by atoms with E-state index in [0.717, 1.165) is 52.7 Å². The van der Waals surface area contributed by atoms with Gasteiger partial charge in [-0.2, -0.15) is 0 Å². The van der Waals surface area contributed by atoms with E-state index in [4.69, 9.17) is 20.8 Å². The van der Waals surface area contributed by atoms with Gasteiger partial charge < -0.3 is 14.5 Å². The number of hydrogen-bond acceptors (Lipinski definition) is 3. The second-order valence-corrected chi connectivity index (χ2v) is 5.64. The minimum absolute atomic E-state index is 0.425. The molecule has 0 aliphatic carbocycles. The third-order valence-electron chi connectivity index (χ3n) is 3.26. The van der Waals surface area contributed by atoms with Gasteiger partial charge in [-0.3, -0.25) is 0 Å². The molecule has 1 heterocycles. The molecule has 0 radical (unpaired) electrons. The molecule has 1 aromatic heterocycles. The van der Waals surface area contributed by atoms with Gasteiger partial charge in [-0.25, -0.2) is 0 Å². The number of halogens is 1. The molecular formula is C17H22ClNO2. The minimum atomic E-state index is 0.425. The molecule has 0 amide bonds. The van der Waals surface area contributed by atoms with Gasteiger partial charge in [-0.05, 0) is 56.1 Å². The number of benzene rings is 1. The molecule has 0 bridgehead atoms. The van der Waals surface area contributed by atoms with Crippen LogP contribution in [-0.2, 0) is 13.2 Å². The van der Waals surface area contributed by atoms with Crippen molar-refractivity contribution < 1.29 is 9.15 Å². The predicted molar refractivity (Wildman–Crippen MR) is 86.0 cm³/mol. The molecule has 0 fully saturated rings. The van der Waals surface area contributed by atoms with Crippen molar-refractivity contribution in [1.82, 2.24) is 5.32 Å². The summed E-state index contributed by atoms with van der Waals surface area (Å²) in [5, 5.41) is 4.14. The van der Waals surface area contributed by atoms with E-state index in [1.165, 1.54) is 0 Å². The Morgan fingerprint density at radius 3 is 2.57 bits per heavy atom. The van der Waals surface area contributed by atoms with Gasteiger partial charge >= 0.3 is 0 Å². The molecule has 0 aliphatic heterocycles. The van der Waals surface area contributed by atoms with Gasteiger partial charge in [0.25, 0.3) is 0 Å². The smallest absolute Gasteiger partial charge is 0.146 e. The second kappa shape index (κ2) is 7.53. The van der Waals surface area contributed by atoms with Crippen molar-refractivity contribution in [3.05, 3.63) is 51.9 Å². The fraction of sp³-hybridized carbons (Fsp3) is 0.412. The first-order valence-corrected chi connectivity index (χ1v) is 7.64. The van der Waals surface area contributed by atoms with E-state index in [0.29, 0.717) is 6.61 Å². The average Bonchev–Trinajstić information content (AvgIpc) is 2.90. The SMILES string of the molecule is CCCNCc1coc(COc2cc(C)c(Cl)c(C)c2)c1. The van der Waals surface area contributed by atoms with Crippen molar-refractivity contribution >= 4 is 11.6 Å². The molecule has 0 aliphatic rings. The summed E-state index contributed by atoms with van der Waals surface area (Å²) in [6.45, 7) is 8.38. The lowest BCUT2D eigenvalue weighted by molar-refractivity contribution is 0.270. The largest absolute Gasteiger partial charge is 0.486 e. The monoisotopic (exact) mass is 307 g/mol. The molecule has 2 rings (SSSR count). The van der Waals surface area contributed by atoms with Crippen LogP contribution in [0.2, 0.25) is 5.02 Å². The van der Waals surface area contributed by atoms with Crippen molar-refractivity contribution in [3.63, 3.8) is 0 Å². The summed E-state index contributed by atoms with van der Waals surface area (Å²) < 4.78 is 11.3. The topological polar surface area (TPSA) is 34.4 Å². The second-order valence-electron chi connectivity index (χ2n) is 5.26. The maximum absolute atomic E-state index is 6.15. The van der Waals surface area contributed by atoms with Gasteiger partial charge in [0.1, 0.15) is 18.1 Å². The van der Waals surface area contributed by atoms with E-state index >= 15 is 0 Å². The van der Waals surface area contributed by atoms with Crippen LogP contribution in [0.4, 0.5) is 0 Å². The van der Waals surface area contributed by atoms with Crippen molar-refractivity contribution in [2.45, 2.75) is 40.3 Å².